The van der Waals surface area contributed by atoms with Gasteiger partial charge in [-0.2, -0.15) is 0 Å². The Balaban J connectivity index is 0.000000220. The molecule has 0 spiro atoms. The molecule has 9 aromatic heterocycles. The van der Waals surface area contributed by atoms with Crippen LogP contribution in [-0.2, 0) is 28.7 Å². The van der Waals surface area contributed by atoms with Gasteiger partial charge in [-0.25, -0.2) is 44.3 Å². The van der Waals surface area contributed by atoms with E-state index in [1.54, 1.807) is 79.1 Å². The van der Waals surface area contributed by atoms with E-state index in [2.05, 4.69) is 103 Å². The quantitative estimate of drug-likeness (QED) is 0.0200. The van der Waals surface area contributed by atoms with Crippen LogP contribution in [0.5, 0.6) is 0 Å². The average molecular weight is 1770 g/mol. The van der Waals surface area contributed by atoms with Gasteiger partial charge in [0.15, 0.2) is 15.4 Å². The number of pyridine rings is 6. The summed E-state index contributed by atoms with van der Waals surface area (Å²) in [6.45, 7) is 13.0. The fourth-order valence-electron chi connectivity index (χ4n) is 10.5. The molecule has 0 unspecified atom stereocenters. The number of anilines is 6. The third kappa shape index (κ3) is 25.2. The van der Waals surface area contributed by atoms with Gasteiger partial charge in [0.2, 0.25) is 5.56 Å². The number of aromatic nitrogens is 9. The van der Waals surface area contributed by atoms with Crippen LogP contribution in [0, 0.1) is 17.8 Å². The van der Waals surface area contributed by atoms with Gasteiger partial charge in [0, 0.05) is 101 Å². The topological polar surface area (TPSA) is 372 Å². The Hall–Kier alpha value is -8.58. The van der Waals surface area contributed by atoms with E-state index >= 15 is 0 Å². The number of carbonyl (C=O) groups excluding carboxylic acids is 2. The second-order valence-corrected chi connectivity index (χ2v) is 32.3. The molecular weight excluding hydrogens is 1690 g/mol. The summed E-state index contributed by atoms with van der Waals surface area (Å²) in [6, 6.07) is 30.5. The molecule has 24 nitrogen and oxygen atoms in total. The SMILES string of the molecule is CC(C)CCc1sc(Nc2ncc(-c3ccc[nH]c3=O)cc2C(=O)O)nc1-c1ccc(Cl)c(Cl)c1.COC(=O)c1cc(-c2ccc[nH]c2=O)cnc1Nc1nc(-c2ccc(Cl)c(Cl)c2)c(CCC(C)C)s1.COC(=O)c1cc(Br)cnc1Nc1nc(-c2ccc(Cl)c(Cl)c2)c(CCC(C)C)s1.O=c1[nH]cccc1B(O)O.[Li+].[OH-]. The normalized spacial score (nSPS) is 10.7. The van der Waals surface area contributed by atoms with Crippen molar-refractivity contribution in [1.29, 1.82) is 0 Å². The molecule has 0 bridgehead atoms. The number of halogens is 7. The van der Waals surface area contributed by atoms with Crippen LogP contribution >= 0.6 is 120 Å². The van der Waals surface area contributed by atoms with Crippen LogP contribution < -0.4 is 57.0 Å². The van der Waals surface area contributed by atoms with Crippen molar-refractivity contribution in [3.05, 3.63) is 243 Å². The fourth-order valence-corrected chi connectivity index (χ4v) is 14.7. The molecule has 9 heterocycles. The third-order valence-electron chi connectivity index (χ3n) is 16.2. The van der Waals surface area contributed by atoms with Gasteiger partial charge in [-0.3, -0.25) is 14.4 Å². The van der Waals surface area contributed by atoms with Crippen molar-refractivity contribution < 1.29 is 63.3 Å². The Labute approximate surface area is 712 Å². The molecule has 12 aromatic rings. The zero-order valence-corrected chi connectivity index (χ0v) is 70.6. The first-order chi connectivity index (χ1) is 53.0. The number of carbonyl (C=O) groups is 3. The van der Waals surface area contributed by atoms with Gasteiger partial charge < -0.3 is 61.0 Å². The number of hydrogen-bond acceptors (Lipinski definition) is 23. The van der Waals surface area contributed by atoms with E-state index in [-0.39, 0.29) is 63.7 Å². The Morgan fingerprint density at radius 1 is 0.478 bits per heavy atom. The number of aryl methyl sites for hydroxylation is 3. The molecule has 0 saturated heterocycles. The number of benzene rings is 3. The Bertz CT molecular complexity index is 5520. The summed E-state index contributed by atoms with van der Waals surface area (Å²) in [4.78, 5) is 110. The van der Waals surface area contributed by atoms with Crippen molar-refractivity contribution in [3.8, 4) is 56.0 Å². The van der Waals surface area contributed by atoms with Crippen molar-refractivity contribution in [1.82, 2.24) is 44.9 Å². The first-order valence-corrected chi connectivity index (χ1v) is 39.6. The number of carboxylic acids is 1. The number of thiazole rings is 3. The molecule has 0 radical (unpaired) electrons. The monoisotopic (exact) mass is 1760 g/mol. The van der Waals surface area contributed by atoms with E-state index in [1.165, 1.54) is 91.2 Å². The molecule has 113 heavy (non-hydrogen) atoms. The van der Waals surface area contributed by atoms with E-state index < -0.39 is 30.6 Å². The summed E-state index contributed by atoms with van der Waals surface area (Å²) in [5, 5.41) is 40.8. The largest absolute Gasteiger partial charge is 1.00 e. The number of aromatic carboxylic acids is 1. The van der Waals surface area contributed by atoms with Gasteiger partial charge in [-0.1, -0.05) is 135 Å². The maximum atomic E-state index is 12.6. The van der Waals surface area contributed by atoms with Gasteiger partial charge >= 0.3 is 43.9 Å². The second kappa shape index (κ2) is 43.2. The molecule has 0 atom stereocenters. The molecule has 3 aromatic carbocycles. The minimum atomic E-state index is -1.69. The number of H-pyrrole nitrogens is 3. The maximum absolute atomic E-state index is 12.6. The second-order valence-electron chi connectivity index (χ2n) is 25.7. The molecule has 12 rings (SSSR count). The molecule has 0 aliphatic rings. The Kier molecular flexibility index (Phi) is 35.0. The van der Waals surface area contributed by atoms with Crippen molar-refractivity contribution in [2.24, 2.45) is 17.8 Å². The number of aromatic amines is 3. The maximum Gasteiger partial charge on any atom is 1.00 e. The van der Waals surface area contributed by atoms with E-state index in [4.69, 9.17) is 104 Å². The first kappa shape index (κ1) is 91.6. The average Bonchev–Trinajstić information content (AvgIpc) is 1.80. The van der Waals surface area contributed by atoms with Gasteiger partial charge in [0.25, 0.3) is 11.1 Å². The number of methoxy groups -OCH3 is 2. The molecule has 0 fully saturated rings. The third-order valence-corrected chi connectivity index (χ3v) is 22.0. The van der Waals surface area contributed by atoms with Crippen molar-refractivity contribution in [3.63, 3.8) is 0 Å². The van der Waals surface area contributed by atoms with E-state index in [0.29, 0.717) is 101 Å². The molecule has 10 N–H and O–H groups in total. The Morgan fingerprint density at radius 3 is 1.13 bits per heavy atom. The molecule has 36 heteroatoms. The van der Waals surface area contributed by atoms with Gasteiger partial charge in [0.1, 0.15) is 34.1 Å². The van der Waals surface area contributed by atoms with E-state index in [0.717, 1.165) is 86.9 Å². The zero-order valence-electron chi connectivity index (χ0n) is 62.0. The smallest absolute Gasteiger partial charge is 0.870 e. The summed E-state index contributed by atoms with van der Waals surface area (Å²) in [5.74, 6) is 0.152. The molecular formula is C77H73BBrCl6LiN12O12S3. The first-order valence-electron chi connectivity index (χ1n) is 34.1. The number of carboxylic acid groups (broad SMARTS) is 1. The van der Waals surface area contributed by atoms with Crippen LogP contribution in [0.3, 0.4) is 0 Å². The number of nitrogens with one attached hydrogen (secondary N) is 6. The minimum absolute atomic E-state index is 0. The van der Waals surface area contributed by atoms with Crippen LogP contribution in [0.2, 0.25) is 30.1 Å². The summed E-state index contributed by atoms with van der Waals surface area (Å²) in [5.41, 5.74) is 5.94. The number of hydrogen-bond donors (Lipinski definition) is 9. The summed E-state index contributed by atoms with van der Waals surface area (Å²) >= 11 is 44.8. The Morgan fingerprint density at radius 2 is 0.814 bits per heavy atom. The summed E-state index contributed by atoms with van der Waals surface area (Å²) in [7, 11) is 0.942. The van der Waals surface area contributed by atoms with Gasteiger partial charge in [-0.15, -0.1) is 34.0 Å². The van der Waals surface area contributed by atoms with Crippen LogP contribution in [0.15, 0.2) is 165 Å². The van der Waals surface area contributed by atoms with E-state index in [1.807, 2.05) is 24.3 Å². The van der Waals surface area contributed by atoms with Crippen LogP contribution in [-0.4, -0.2) is 105 Å². The molecule has 0 aliphatic carbocycles. The van der Waals surface area contributed by atoms with Gasteiger partial charge in [0.05, 0.1) is 61.4 Å². The number of rotatable bonds is 24. The summed E-state index contributed by atoms with van der Waals surface area (Å²) < 4.78 is 10.5. The number of ether oxygens (including phenoxy) is 2. The summed E-state index contributed by atoms with van der Waals surface area (Å²) in [6.07, 6.45) is 14.6. The zero-order chi connectivity index (χ0) is 80.3. The number of nitrogens with zero attached hydrogens (tertiary/aromatic N) is 6. The van der Waals surface area contributed by atoms with Crippen molar-refractivity contribution >= 4 is 183 Å². The van der Waals surface area contributed by atoms with Crippen LogP contribution in [0.4, 0.5) is 32.8 Å². The van der Waals surface area contributed by atoms with E-state index in [9.17, 15) is 33.9 Å². The molecule has 584 valence electrons. The van der Waals surface area contributed by atoms with Crippen molar-refractivity contribution in [2.45, 2.75) is 80.1 Å². The fraction of sp³-hybridized carbons (Fsp3) is 0.221. The number of esters is 2. The molecule has 0 amide bonds. The van der Waals surface area contributed by atoms with Crippen LogP contribution in [0.1, 0.15) is 107 Å². The standard InChI is InChI=1S/C26H24Cl2N4O3S.C25H22Cl2N4O3S.C21H20BrCl2N3O2S.C5H6BNO3.Li.H2O/c1-14(2)6-9-21-22(15-7-8-19(27)20(28)12-15)31-26(36-21)32-23-18(25(34)35-3)11-16(13-30-23)17-5-4-10-29-24(17)33;1-13(2)5-8-20-21(14-6-7-18(26)19(27)11-14)30-25(35-20)31-22-17(24(33)34)10-15(12-29-22)16-4-3-9-28-23(16)32;1-11(2)4-7-17-18(12-5-6-15(23)16(24)8-12)26-21(30-17)27-19-14(20(28)29-3)9-13(22)10-25-19;8-5-4(6(9)10)2-1-3-7-5;;/h4-5,7-8,10-14H,6,9H2,1-3H3,(H,29,33)(H,30,31,32);3-4,6-7,9-13H,5,8H2,1-2H3,(H,28,32)(H,33,34)(H,29,30,31);5-6,8-11H,4,7H2,1-3H3,(H,25,26,27);1-3,9-10H,(H,7,8);;1H2/q;;;;+1;/p-1. The van der Waals surface area contributed by atoms with Gasteiger partial charge in [-0.05, 0) is 157 Å². The predicted molar refractivity (Wildman–Crippen MR) is 453 cm³/mol. The molecule has 0 aliphatic heterocycles. The van der Waals surface area contributed by atoms with Crippen molar-refractivity contribution in [2.75, 3.05) is 30.2 Å². The van der Waals surface area contributed by atoms with Crippen LogP contribution in [0.25, 0.3) is 56.0 Å². The minimum Gasteiger partial charge on any atom is -0.870 e. The molecule has 0 saturated carbocycles. The predicted octanol–water partition coefficient (Wildman–Crippen LogP) is 16.2.